The highest BCUT2D eigenvalue weighted by molar-refractivity contribution is 5.48. The van der Waals surface area contributed by atoms with Crippen molar-refractivity contribution in [3.05, 3.63) is 11.9 Å². The smallest absolute Gasteiger partial charge is 0.138 e. The maximum atomic E-state index is 5.77. The minimum Gasteiger partial charge on any atom is -0.375 e. The van der Waals surface area contributed by atoms with E-state index in [1.165, 1.54) is 0 Å². The summed E-state index contributed by atoms with van der Waals surface area (Å²) < 4.78 is 5.77. The molecule has 1 saturated heterocycles. The summed E-state index contributed by atoms with van der Waals surface area (Å²) in [5.74, 6) is 2.59. The molecule has 0 spiro atoms. The minimum absolute atomic E-state index is 0.0678. The van der Waals surface area contributed by atoms with E-state index in [-0.39, 0.29) is 11.0 Å². The summed E-state index contributed by atoms with van der Waals surface area (Å²) >= 11 is 0. The van der Waals surface area contributed by atoms with E-state index in [0.717, 1.165) is 36.9 Å². The Kier molecular flexibility index (Phi) is 4.42. The third kappa shape index (κ3) is 4.30. The van der Waals surface area contributed by atoms with E-state index in [4.69, 9.17) is 9.72 Å². The van der Waals surface area contributed by atoms with Gasteiger partial charge < -0.3 is 15.4 Å². The molecule has 5 nitrogen and oxygen atoms in total. The van der Waals surface area contributed by atoms with Gasteiger partial charge in [0.25, 0.3) is 0 Å². The number of hydrogen-bond acceptors (Lipinski definition) is 5. The molecule has 5 heteroatoms. The first-order chi connectivity index (χ1) is 9.69. The quantitative estimate of drug-likeness (QED) is 0.896. The lowest BCUT2D eigenvalue weighted by molar-refractivity contribution is -0.0553. The van der Waals surface area contributed by atoms with Gasteiger partial charge in [-0.25, -0.2) is 9.97 Å². The first-order valence-electron chi connectivity index (χ1n) is 7.67. The van der Waals surface area contributed by atoms with Crippen LogP contribution in [0, 0.1) is 0 Å². The summed E-state index contributed by atoms with van der Waals surface area (Å²) in [6.07, 6.45) is 1.99. The fourth-order valence-electron chi connectivity index (χ4n) is 2.55. The van der Waals surface area contributed by atoms with Gasteiger partial charge in [-0.2, -0.15) is 0 Å². The van der Waals surface area contributed by atoms with Crippen molar-refractivity contribution >= 4 is 11.6 Å². The summed E-state index contributed by atoms with van der Waals surface area (Å²) in [6, 6.07) is 2.36. The predicted octanol–water partition coefficient (Wildman–Crippen LogP) is 3.19. The molecule has 1 aromatic rings. The maximum Gasteiger partial charge on any atom is 0.138 e. The van der Waals surface area contributed by atoms with Crippen molar-refractivity contribution in [2.45, 2.75) is 64.5 Å². The number of anilines is 2. The lowest BCUT2D eigenvalue weighted by Gasteiger charge is -2.36. The number of nitrogens with zero attached hydrogens (tertiary/aromatic N) is 2. The van der Waals surface area contributed by atoms with Crippen molar-refractivity contribution in [2.24, 2.45) is 0 Å². The number of ether oxygens (including phenoxy) is 1. The van der Waals surface area contributed by atoms with Crippen LogP contribution in [0.4, 0.5) is 11.6 Å². The third-order valence-electron chi connectivity index (χ3n) is 3.70. The normalized spacial score (nSPS) is 21.9. The van der Waals surface area contributed by atoms with Crippen molar-refractivity contribution < 1.29 is 4.74 Å². The summed E-state index contributed by atoms with van der Waals surface area (Å²) in [5, 5.41) is 6.67. The molecule has 2 heterocycles. The zero-order valence-corrected chi connectivity index (χ0v) is 14.1. The molecule has 0 saturated carbocycles. The van der Waals surface area contributed by atoms with Gasteiger partial charge in [0.1, 0.15) is 17.5 Å². The van der Waals surface area contributed by atoms with Gasteiger partial charge in [0.2, 0.25) is 0 Å². The van der Waals surface area contributed by atoms with Crippen LogP contribution in [0.3, 0.4) is 0 Å². The molecule has 1 atom stereocenters. The minimum atomic E-state index is -0.0712. The van der Waals surface area contributed by atoms with E-state index >= 15 is 0 Å². The lowest BCUT2D eigenvalue weighted by Crippen LogP contribution is -2.40. The van der Waals surface area contributed by atoms with Crippen LogP contribution in [0.2, 0.25) is 0 Å². The number of hydrogen-bond donors (Lipinski definition) is 2. The molecule has 1 fully saturated rings. The Balaban J connectivity index is 2.19. The first kappa shape index (κ1) is 16.0. The molecule has 1 unspecified atom stereocenters. The largest absolute Gasteiger partial charge is 0.375 e. The van der Waals surface area contributed by atoms with E-state index < -0.39 is 0 Å². The van der Waals surface area contributed by atoms with E-state index in [2.05, 4.69) is 50.2 Å². The molecule has 1 aliphatic heterocycles. The maximum absolute atomic E-state index is 5.77. The highest BCUT2D eigenvalue weighted by Gasteiger charge is 2.29. The number of nitrogens with one attached hydrogen (secondary N) is 2. The molecule has 0 aromatic carbocycles. The van der Waals surface area contributed by atoms with E-state index in [9.17, 15) is 0 Å². The summed E-state index contributed by atoms with van der Waals surface area (Å²) in [4.78, 5) is 9.25. The van der Waals surface area contributed by atoms with Crippen LogP contribution in [0.1, 0.15) is 53.3 Å². The van der Waals surface area contributed by atoms with Crippen LogP contribution in [-0.2, 0) is 10.2 Å². The molecule has 0 amide bonds. The summed E-state index contributed by atoms with van der Waals surface area (Å²) in [6.45, 7) is 11.5. The molecule has 1 aromatic heterocycles. The fourth-order valence-corrected chi connectivity index (χ4v) is 2.55. The molecular weight excluding hydrogens is 264 g/mol. The molecule has 118 valence electrons. The molecule has 0 bridgehead atoms. The Morgan fingerprint density at radius 3 is 2.48 bits per heavy atom. The predicted molar refractivity (Wildman–Crippen MR) is 87.0 cm³/mol. The van der Waals surface area contributed by atoms with Crippen molar-refractivity contribution in [3.8, 4) is 0 Å². The molecule has 0 radical (unpaired) electrons. The second-order valence-corrected chi connectivity index (χ2v) is 7.40. The van der Waals surface area contributed by atoms with Crippen LogP contribution < -0.4 is 10.6 Å². The van der Waals surface area contributed by atoms with Crippen LogP contribution in [-0.4, -0.2) is 35.3 Å². The van der Waals surface area contributed by atoms with Crippen LogP contribution in [0.25, 0.3) is 0 Å². The Morgan fingerprint density at radius 1 is 1.24 bits per heavy atom. The average molecular weight is 292 g/mol. The SMILES string of the molecule is CNc1cc(NC2CCOC(C)(C)C2)nc(C(C)(C)C)n1. The zero-order chi connectivity index (χ0) is 15.7. The van der Waals surface area contributed by atoms with Gasteiger partial charge in [0.15, 0.2) is 0 Å². The van der Waals surface area contributed by atoms with Gasteiger partial charge >= 0.3 is 0 Å². The van der Waals surface area contributed by atoms with E-state index in [1.807, 2.05) is 13.1 Å². The van der Waals surface area contributed by atoms with Gasteiger partial charge in [-0.05, 0) is 26.7 Å². The van der Waals surface area contributed by atoms with E-state index in [0.29, 0.717) is 6.04 Å². The van der Waals surface area contributed by atoms with Crippen molar-refractivity contribution in [1.29, 1.82) is 0 Å². The van der Waals surface area contributed by atoms with Crippen molar-refractivity contribution in [1.82, 2.24) is 9.97 Å². The molecule has 2 N–H and O–H groups in total. The van der Waals surface area contributed by atoms with Crippen molar-refractivity contribution in [2.75, 3.05) is 24.3 Å². The second kappa shape index (κ2) is 5.79. The topological polar surface area (TPSA) is 59.1 Å². The van der Waals surface area contributed by atoms with Crippen molar-refractivity contribution in [3.63, 3.8) is 0 Å². The van der Waals surface area contributed by atoms with Gasteiger partial charge in [0, 0.05) is 31.2 Å². The molecule has 21 heavy (non-hydrogen) atoms. The van der Waals surface area contributed by atoms with Crippen LogP contribution >= 0.6 is 0 Å². The Labute approximate surface area is 127 Å². The highest BCUT2D eigenvalue weighted by Crippen LogP contribution is 2.27. The zero-order valence-electron chi connectivity index (χ0n) is 14.1. The Bertz CT molecular complexity index is 494. The average Bonchev–Trinajstić information content (AvgIpc) is 2.36. The standard InChI is InChI=1S/C16H28N4O/c1-15(2,3)14-19-12(17-6)9-13(20-14)18-11-7-8-21-16(4,5)10-11/h9,11H,7-8,10H2,1-6H3,(H2,17,18,19,20). The Hall–Kier alpha value is -1.36. The van der Waals surface area contributed by atoms with E-state index in [1.54, 1.807) is 0 Å². The fraction of sp³-hybridized carbons (Fsp3) is 0.750. The molecule has 0 aliphatic carbocycles. The summed E-state index contributed by atoms with van der Waals surface area (Å²) in [5.41, 5.74) is -0.139. The van der Waals surface area contributed by atoms with Gasteiger partial charge in [-0.3, -0.25) is 0 Å². The Morgan fingerprint density at radius 2 is 1.90 bits per heavy atom. The first-order valence-corrected chi connectivity index (χ1v) is 7.67. The van der Waals surface area contributed by atoms with Gasteiger partial charge in [-0.15, -0.1) is 0 Å². The van der Waals surface area contributed by atoms with Gasteiger partial charge in [-0.1, -0.05) is 20.8 Å². The van der Waals surface area contributed by atoms with Gasteiger partial charge in [0.05, 0.1) is 5.60 Å². The summed E-state index contributed by atoms with van der Waals surface area (Å²) in [7, 11) is 1.89. The third-order valence-corrected chi connectivity index (χ3v) is 3.70. The molecular formula is C16H28N4O. The lowest BCUT2D eigenvalue weighted by atomic mass is 9.94. The van der Waals surface area contributed by atoms with Crippen LogP contribution in [0.5, 0.6) is 0 Å². The molecule has 2 rings (SSSR count). The molecule has 1 aliphatic rings. The second-order valence-electron chi connectivity index (χ2n) is 7.40. The number of rotatable bonds is 3. The monoisotopic (exact) mass is 292 g/mol. The number of aromatic nitrogens is 2. The van der Waals surface area contributed by atoms with Crippen LogP contribution in [0.15, 0.2) is 6.07 Å². The highest BCUT2D eigenvalue weighted by atomic mass is 16.5.